The van der Waals surface area contributed by atoms with Crippen LogP contribution in [0.3, 0.4) is 0 Å². The summed E-state index contributed by atoms with van der Waals surface area (Å²) in [4.78, 5) is 11.6. The van der Waals surface area contributed by atoms with E-state index in [-0.39, 0.29) is 5.91 Å². The molecule has 4 nitrogen and oxygen atoms in total. The van der Waals surface area contributed by atoms with E-state index in [1.807, 2.05) is 12.1 Å². The first-order valence-electron chi connectivity index (χ1n) is 5.51. The third-order valence-electron chi connectivity index (χ3n) is 2.33. The van der Waals surface area contributed by atoms with Crippen molar-refractivity contribution in [1.82, 2.24) is 0 Å². The molecule has 1 rings (SSSR count). The van der Waals surface area contributed by atoms with Crippen molar-refractivity contribution in [2.75, 3.05) is 19.5 Å². The van der Waals surface area contributed by atoms with Gasteiger partial charge >= 0.3 is 0 Å². The minimum absolute atomic E-state index is 0.138. The van der Waals surface area contributed by atoms with Crippen molar-refractivity contribution in [3.05, 3.63) is 37.0 Å². The summed E-state index contributed by atoms with van der Waals surface area (Å²) in [6.45, 7) is 1.81. The van der Waals surface area contributed by atoms with Gasteiger partial charge in [0.2, 0.25) is 5.91 Å². The summed E-state index contributed by atoms with van der Waals surface area (Å²) in [6, 6.07) is 3.87. The minimum Gasteiger partial charge on any atom is -0.352 e. The fraction of sp³-hybridized carbons (Fsp3) is 0.308. The highest BCUT2D eigenvalue weighted by atomic mass is 127. The van der Waals surface area contributed by atoms with E-state index < -0.39 is 6.29 Å². The van der Waals surface area contributed by atoms with E-state index in [1.165, 1.54) is 6.08 Å². The first-order chi connectivity index (χ1) is 9.03. The van der Waals surface area contributed by atoms with Crippen molar-refractivity contribution in [2.45, 2.75) is 13.2 Å². The number of hydrogen-bond donors (Lipinski definition) is 1. The average Bonchev–Trinajstić information content (AvgIpc) is 2.36. The number of methoxy groups -OCH3 is 2. The van der Waals surface area contributed by atoms with Gasteiger partial charge in [0, 0.05) is 26.9 Å². The molecule has 0 unspecified atom stereocenters. The van der Waals surface area contributed by atoms with Gasteiger partial charge in [-0.05, 0) is 70.3 Å². The van der Waals surface area contributed by atoms with Crippen LogP contribution in [0.25, 0.3) is 0 Å². The zero-order valence-corrected chi connectivity index (χ0v) is 15.2. The lowest BCUT2D eigenvalue weighted by atomic mass is 10.2. The molecule has 0 spiro atoms. The van der Waals surface area contributed by atoms with Crippen molar-refractivity contribution < 1.29 is 14.3 Å². The third-order valence-corrected chi connectivity index (χ3v) is 4.03. The molecule has 0 aromatic heterocycles. The molecular weight excluding hydrogens is 472 g/mol. The van der Waals surface area contributed by atoms with Gasteiger partial charge < -0.3 is 14.8 Å². The molecular formula is C13H15I2NO3. The van der Waals surface area contributed by atoms with Crippen LogP contribution in [0.4, 0.5) is 5.69 Å². The topological polar surface area (TPSA) is 47.6 Å². The Morgan fingerprint density at radius 3 is 2.21 bits per heavy atom. The minimum atomic E-state index is -0.401. The first kappa shape index (κ1) is 16.9. The van der Waals surface area contributed by atoms with Gasteiger partial charge in [0.25, 0.3) is 0 Å². The summed E-state index contributed by atoms with van der Waals surface area (Å²) >= 11 is 4.37. The maximum Gasteiger partial charge on any atom is 0.248 e. The molecule has 1 aromatic rings. The van der Waals surface area contributed by atoms with Crippen LogP contribution in [0.2, 0.25) is 0 Å². The highest BCUT2D eigenvalue weighted by molar-refractivity contribution is 14.1. The molecule has 0 radical (unpaired) electrons. The number of allylic oxidation sites excluding steroid dienone is 1. The van der Waals surface area contributed by atoms with Crippen LogP contribution in [0.5, 0.6) is 0 Å². The molecule has 0 saturated heterocycles. The van der Waals surface area contributed by atoms with Crippen LogP contribution >= 0.6 is 45.2 Å². The molecule has 0 aliphatic rings. The first-order valence-corrected chi connectivity index (χ1v) is 7.67. The van der Waals surface area contributed by atoms with Crippen LogP contribution in [0.1, 0.15) is 18.8 Å². The Hall–Kier alpha value is -0.190. The molecule has 0 fully saturated rings. The quantitative estimate of drug-likeness (QED) is 0.392. The third kappa shape index (κ3) is 4.69. The summed E-state index contributed by atoms with van der Waals surface area (Å²) in [5.74, 6) is -0.138. The van der Waals surface area contributed by atoms with E-state index >= 15 is 0 Å². The van der Waals surface area contributed by atoms with Crippen molar-refractivity contribution in [1.29, 1.82) is 0 Å². The molecule has 0 aliphatic carbocycles. The second-order valence-electron chi connectivity index (χ2n) is 3.65. The molecule has 6 heteroatoms. The maximum atomic E-state index is 11.6. The summed E-state index contributed by atoms with van der Waals surface area (Å²) in [7, 11) is 3.19. The van der Waals surface area contributed by atoms with Crippen molar-refractivity contribution >= 4 is 56.8 Å². The van der Waals surface area contributed by atoms with Gasteiger partial charge in [-0.3, -0.25) is 4.79 Å². The molecule has 1 aromatic carbocycles. The second-order valence-corrected chi connectivity index (χ2v) is 5.98. The van der Waals surface area contributed by atoms with Gasteiger partial charge in [-0.15, -0.1) is 0 Å². The molecule has 0 heterocycles. The number of ether oxygens (including phenoxy) is 2. The number of carbonyl (C=O) groups excluding carboxylic acids is 1. The predicted octanol–water partition coefficient (Wildman–Crippen LogP) is 3.70. The Balaban J connectivity index is 3.07. The number of benzene rings is 1. The van der Waals surface area contributed by atoms with Gasteiger partial charge in [0.15, 0.2) is 6.29 Å². The zero-order chi connectivity index (χ0) is 14.4. The number of hydrogen-bond acceptors (Lipinski definition) is 3. The summed E-state index contributed by atoms with van der Waals surface area (Å²) in [5.41, 5.74) is 1.72. The number of carbonyl (C=O) groups is 1. The molecule has 0 atom stereocenters. The van der Waals surface area contributed by atoms with E-state index in [2.05, 4.69) is 50.5 Å². The van der Waals surface area contributed by atoms with Gasteiger partial charge in [0.05, 0.1) is 5.69 Å². The predicted molar refractivity (Wildman–Crippen MR) is 92.1 cm³/mol. The fourth-order valence-corrected chi connectivity index (χ4v) is 3.62. The lowest BCUT2D eigenvalue weighted by Gasteiger charge is -2.16. The largest absolute Gasteiger partial charge is 0.352 e. The van der Waals surface area contributed by atoms with Gasteiger partial charge in [-0.2, -0.15) is 0 Å². The second kappa shape index (κ2) is 8.18. The lowest BCUT2D eigenvalue weighted by Crippen LogP contribution is -2.12. The highest BCUT2D eigenvalue weighted by Gasteiger charge is 2.15. The van der Waals surface area contributed by atoms with E-state index in [4.69, 9.17) is 9.47 Å². The van der Waals surface area contributed by atoms with Crippen LogP contribution < -0.4 is 5.32 Å². The van der Waals surface area contributed by atoms with Crippen LogP contribution in [0, 0.1) is 7.14 Å². The number of nitrogens with one attached hydrogen (secondary N) is 1. The Bertz CT molecular complexity index is 462. The van der Waals surface area contributed by atoms with E-state index in [0.717, 1.165) is 18.4 Å². The van der Waals surface area contributed by atoms with E-state index in [0.29, 0.717) is 0 Å². The summed E-state index contributed by atoms with van der Waals surface area (Å²) in [5, 5.41) is 2.86. The lowest BCUT2D eigenvalue weighted by molar-refractivity contribution is -0.111. The van der Waals surface area contributed by atoms with Gasteiger partial charge in [0.1, 0.15) is 0 Å². The average molecular weight is 487 g/mol. The summed E-state index contributed by atoms with van der Waals surface area (Å²) in [6.07, 6.45) is 2.80. The van der Waals surface area contributed by atoms with Crippen molar-refractivity contribution in [2.24, 2.45) is 0 Å². The molecule has 0 saturated carbocycles. The van der Waals surface area contributed by atoms with E-state index in [1.54, 1.807) is 27.2 Å². The number of amides is 1. The molecule has 1 N–H and O–H groups in total. The van der Waals surface area contributed by atoms with Crippen LogP contribution in [-0.2, 0) is 14.3 Å². The standard InChI is InChI=1S/C13H15I2NO3/c1-4-5-11(17)16-12-9(14)6-8(7-10(12)15)13(18-2)19-3/h4-7,13H,1-3H3,(H,16,17). The van der Waals surface area contributed by atoms with Gasteiger partial charge in [-0.25, -0.2) is 0 Å². The number of halogens is 2. The van der Waals surface area contributed by atoms with Crippen LogP contribution in [0.15, 0.2) is 24.3 Å². The zero-order valence-electron chi connectivity index (χ0n) is 10.9. The van der Waals surface area contributed by atoms with Crippen LogP contribution in [-0.4, -0.2) is 20.1 Å². The molecule has 104 valence electrons. The van der Waals surface area contributed by atoms with Crippen molar-refractivity contribution in [3.63, 3.8) is 0 Å². The molecule has 0 bridgehead atoms. The molecule has 19 heavy (non-hydrogen) atoms. The highest BCUT2D eigenvalue weighted by Crippen LogP contribution is 2.30. The molecule has 1 amide bonds. The smallest absolute Gasteiger partial charge is 0.248 e. The Morgan fingerprint density at radius 1 is 1.26 bits per heavy atom. The van der Waals surface area contributed by atoms with Gasteiger partial charge in [-0.1, -0.05) is 6.08 Å². The number of rotatable bonds is 5. The summed E-state index contributed by atoms with van der Waals surface area (Å²) < 4.78 is 12.3. The normalized spacial score (nSPS) is 11.3. The Morgan fingerprint density at radius 2 is 1.79 bits per heavy atom. The Labute approximate surface area is 140 Å². The molecule has 0 aliphatic heterocycles. The van der Waals surface area contributed by atoms with Crippen molar-refractivity contribution in [3.8, 4) is 0 Å². The fourth-order valence-electron chi connectivity index (χ4n) is 1.53. The maximum absolute atomic E-state index is 11.6. The number of anilines is 1. The SMILES string of the molecule is CC=CC(=O)Nc1c(I)cc(C(OC)OC)cc1I. The monoisotopic (exact) mass is 487 g/mol. The van der Waals surface area contributed by atoms with E-state index in [9.17, 15) is 4.79 Å². The Kier molecular flexibility index (Phi) is 7.26.